The summed E-state index contributed by atoms with van der Waals surface area (Å²) in [5.74, 6) is 0.230. The molecule has 0 fully saturated rings. The third-order valence-corrected chi connectivity index (χ3v) is 3.75. The zero-order chi connectivity index (χ0) is 13.7. The molecule has 0 amide bonds. The number of hydrogen-bond acceptors (Lipinski definition) is 9. The van der Waals surface area contributed by atoms with Crippen molar-refractivity contribution in [1.82, 2.24) is 19.3 Å². The van der Waals surface area contributed by atoms with Gasteiger partial charge in [-0.25, -0.2) is 15.0 Å². The first-order valence-electron chi connectivity index (χ1n) is 5.40. The third kappa shape index (κ3) is 3.35. The quantitative estimate of drug-likeness (QED) is 0.491. The van der Waals surface area contributed by atoms with Crippen LogP contribution < -0.4 is 5.32 Å². The Labute approximate surface area is 117 Å². The van der Waals surface area contributed by atoms with E-state index in [1.165, 1.54) is 12.7 Å². The Morgan fingerprint density at radius 3 is 2.89 bits per heavy atom. The van der Waals surface area contributed by atoms with E-state index in [9.17, 15) is 10.1 Å². The van der Waals surface area contributed by atoms with E-state index in [1.54, 1.807) is 0 Å². The summed E-state index contributed by atoms with van der Waals surface area (Å²) in [4.78, 5) is 22.5. The number of nitro groups is 1. The van der Waals surface area contributed by atoms with Crippen molar-refractivity contribution in [3.63, 3.8) is 0 Å². The maximum atomic E-state index is 11.2. The summed E-state index contributed by atoms with van der Waals surface area (Å²) < 4.78 is 4.45. The smallest absolute Gasteiger partial charge is 0.343 e. The molecule has 2 rings (SSSR count). The second kappa shape index (κ2) is 6.38. The van der Waals surface area contributed by atoms with Gasteiger partial charge < -0.3 is 5.32 Å². The molecule has 0 aliphatic rings. The van der Waals surface area contributed by atoms with Crippen LogP contribution in [0.2, 0.25) is 0 Å². The Balaban J connectivity index is 2.33. The SMILES string of the molecule is CCCNc1ncnc(Sc2ncns2)c1[N+](=O)[O-]. The molecule has 100 valence electrons. The summed E-state index contributed by atoms with van der Waals surface area (Å²) in [5, 5.41) is 14.4. The lowest BCUT2D eigenvalue weighted by atomic mass is 10.4. The fraction of sp³-hybridized carbons (Fsp3) is 0.333. The molecule has 19 heavy (non-hydrogen) atoms. The zero-order valence-corrected chi connectivity index (χ0v) is 11.6. The number of hydrogen-bond donors (Lipinski definition) is 1. The third-order valence-electron chi connectivity index (χ3n) is 2.04. The molecule has 10 heteroatoms. The molecular formula is C9H10N6O2S2. The normalized spacial score (nSPS) is 10.4. The minimum absolute atomic E-state index is 0.129. The van der Waals surface area contributed by atoms with Crippen LogP contribution in [0.1, 0.15) is 13.3 Å². The van der Waals surface area contributed by atoms with Crippen LogP contribution >= 0.6 is 23.3 Å². The molecule has 0 spiro atoms. The van der Waals surface area contributed by atoms with Crippen LogP contribution in [-0.2, 0) is 0 Å². The Morgan fingerprint density at radius 1 is 1.42 bits per heavy atom. The lowest BCUT2D eigenvalue weighted by Gasteiger charge is -2.06. The monoisotopic (exact) mass is 298 g/mol. The topological polar surface area (TPSA) is 107 Å². The fourth-order valence-electron chi connectivity index (χ4n) is 1.27. The fourth-order valence-corrected chi connectivity index (χ4v) is 2.69. The van der Waals surface area contributed by atoms with Gasteiger partial charge in [-0.3, -0.25) is 10.1 Å². The highest BCUT2D eigenvalue weighted by molar-refractivity contribution is 8.01. The lowest BCUT2D eigenvalue weighted by molar-refractivity contribution is -0.387. The van der Waals surface area contributed by atoms with Crippen molar-refractivity contribution in [3.05, 3.63) is 22.8 Å². The molecule has 0 radical (unpaired) electrons. The van der Waals surface area contributed by atoms with E-state index in [2.05, 4.69) is 24.6 Å². The molecule has 8 nitrogen and oxygen atoms in total. The molecule has 2 heterocycles. The first kappa shape index (κ1) is 13.6. The number of rotatable bonds is 6. The summed E-state index contributed by atoms with van der Waals surface area (Å²) in [5.41, 5.74) is -0.129. The van der Waals surface area contributed by atoms with Crippen molar-refractivity contribution in [3.8, 4) is 0 Å². The van der Waals surface area contributed by atoms with Crippen LogP contribution in [-0.4, -0.2) is 30.8 Å². The van der Waals surface area contributed by atoms with Crippen LogP contribution in [0.15, 0.2) is 22.0 Å². The Hall–Kier alpha value is -1.81. The largest absolute Gasteiger partial charge is 0.364 e. The first-order valence-corrected chi connectivity index (χ1v) is 6.99. The molecule has 2 aromatic heterocycles. The van der Waals surface area contributed by atoms with E-state index >= 15 is 0 Å². The number of aromatic nitrogens is 4. The van der Waals surface area contributed by atoms with Crippen LogP contribution in [0.3, 0.4) is 0 Å². The molecule has 0 atom stereocenters. The van der Waals surface area contributed by atoms with Gasteiger partial charge in [-0.2, -0.15) is 4.37 Å². The minimum atomic E-state index is -0.485. The van der Waals surface area contributed by atoms with E-state index < -0.39 is 4.92 Å². The van der Waals surface area contributed by atoms with Crippen molar-refractivity contribution in [2.75, 3.05) is 11.9 Å². The average molecular weight is 298 g/mol. The first-order chi connectivity index (χ1) is 9.22. The van der Waals surface area contributed by atoms with Gasteiger partial charge >= 0.3 is 5.69 Å². The van der Waals surface area contributed by atoms with Crippen molar-refractivity contribution < 1.29 is 4.92 Å². The van der Waals surface area contributed by atoms with Gasteiger partial charge in [0.15, 0.2) is 9.37 Å². The molecule has 0 bridgehead atoms. The van der Waals surface area contributed by atoms with Gasteiger partial charge in [-0.15, -0.1) is 0 Å². The number of nitrogens with zero attached hydrogens (tertiary/aromatic N) is 5. The van der Waals surface area contributed by atoms with Crippen LogP contribution in [0.25, 0.3) is 0 Å². The van der Waals surface area contributed by atoms with E-state index in [1.807, 2.05) is 6.92 Å². The maximum Gasteiger partial charge on any atom is 0.343 e. The van der Waals surface area contributed by atoms with Crippen LogP contribution in [0, 0.1) is 10.1 Å². The van der Waals surface area contributed by atoms with Gasteiger partial charge in [0, 0.05) is 6.54 Å². The summed E-state index contributed by atoms with van der Waals surface area (Å²) in [6.07, 6.45) is 3.55. The van der Waals surface area contributed by atoms with E-state index in [0.717, 1.165) is 29.7 Å². The standard InChI is InChI=1S/C9H10N6O2S2/c1-2-3-10-7-6(15(16)17)8(12-4-11-7)18-9-13-5-14-19-9/h4-5H,2-3H2,1H3,(H,10,11,12). The summed E-state index contributed by atoms with van der Waals surface area (Å²) >= 11 is 2.27. The van der Waals surface area contributed by atoms with E-state index in [4.69, 9.17) is 0 Å². The van der Waals surface area contributed by atoms with E-state index in [0.29, 0.717) is 10.9 Å². The minimum Gasteiger partial charge on any atom is -0.364 e. The Bertz CT molecular complexity index is 562. The lowest BCUT2D eigenvalue weighted by Crippen LogP contribution is -2.07. The van der Waals surface area contributed by atoms with Gasteiger partial charge in [-0.1, -0.05) is 6.92 Å². The average Bonchev–Trinajstić information content (AvgIpc) is 2.89. The number of nitrogens with one attached hydrogen (secondary N) is 1. The second-order valence-corrected chi connectivity index (χ2v) is 5.39. The molecular weight excluding hydrogens is 288 g/mol. The summed E-state index contributed by atoms with van der Waals surface area (Å²) in [7, 11) is 0. The summed E-state index contributed by atoms with van der Waals surface area (Å²) in [6.45, 7) is 2.58. The van der Waals surface area contributed by atoms with Gasteiger partial charge in [0.05, 0.1) is 4.92 Å². The predicted octanol–water partition coefficient (Wildman–Crippen LogP) is 2.21. The predicted molar refractivity (Wildman–Crippen MR) is 71.5 cm³/mol. The van der Waals surface area contributed by atoms with Crippen LogP contribution in [0.5, 0.6) is 0 Å². The second-order valence-electron chi connectivity index (χ2n) is 3.37. The summed E-state index contributed by atoms with van der Waals surface area (Å²) in [6, 6.07) is 0. The molecule has 0 aliphatic heterocycles. The Morgan fingerprint density at radius 2 is 2.26 bits per heavy atom. The zero-order valence-electron chi connectivity index (χ0n) is 9.94. The maximum absolute atomic E-state index is 11.2. The van der Waals surface area contributed by atoms with E-state index in [-0.39, 0.29) is 16.5 Å². The molecule has 0 aliphatic carbocycles. The van der Waals surface area contributed by atoms with Gasteiger partial charge in [0.1, 0.15) is 12.7 Å². The van der Waals surface area contributed by atoms with Gasteiger partial charge in [0.25, 0.3) is 0 Å². The highest BCUT2D eigenvalue weighted by atomic mass is 32.2. The Kier molecular flexibility index (Phi) is 4.58. The number of anilines is 1. The van der Waals surface area contributed by atoms with Crippen molar-refractivity contribution in [1.29, 1.82) is 0 Å². The molecule has 0 saturated carbocycles. The highest BCUT2D eigenvalue weighted by Gasteiger charge is 2.24. The van der Waals surface area contributed by atoms with Crippen molar-refractivity contribution in [2.24, 2.45) is 0 Å². The van der Waals surface area contributed by atoms with Gasteiger partial charge in [-0.05, 0) is 29.7 Å². The highest BCUT2D eigenvalue weighted by Crippen LogP contribution is 2.36. The van der Waals surface area contributed by atoms with Crippen LogP contribution in [0.4, 0.5) is 11.5 Å². The molecule has 0 unspecified atom stereocenters. The molecule has 0 aromatic carbocycles. The molecule has 1 N–H and O–H groups in total. The molecule has 2 aromatic rings. The molecule has 0 saturated heterocycles. The van der Waals surface area contributed by atoms with Crippen molar-refractivity contribution in [2.45, 2.75) is 22.7 Å². The van der Waals surface area contributed by atoms with Gasteiger partial charge in [0.2, 0.25) is 5.82 Å². The van der Waals surface area contributed by atoms with Crippen molar-refractivity contribution >= 4 is 34.8 Å².